The molecular weight excluding hydrogens is 623 g/mol. The Morgan fingerprint density at radius 3 is 2.54 bits per heavy atom. The topological polar surface area (TPSA) is 149 Å². The van der Waals surface area contributed by atoms with Crippen LogP contribution in [0.2, 0.25) is 0 Å². The van der Waals surface area contributed by atoms with Gasteiger partial charge in [0.1, 0.15) is 18.1 Å². The van der Waals surface area contributed by atoms with Gasteiger partial charge < -0.3 is 16.4 Å². The number of nitriles is 1. The van der Waals surface area contributed by atoms with Gasteiger partial charge in [-0.1, -0.05) is 54.6 Å². The molecule has 0 aliphatic carbocycles. The Morgan fingerprint density at radius 1 is 1.10 bits per heavy atom. The molecule has 1 aromatic heterocycles. The first-order chi connectivity index (χ1) is 22.7. The summed E-state index contributed by atoms with van der Waals surface area (Å²) in [5, 5.41) is 22.9. The molecule has 4 amide bonds. The third-order valence-electron chi connectivity index (χ3n) is 8.57. The van der Waals surface area contributed by atoms with Crippen LogP contribution in [-0.2, 0) is 32.9 Å². The summed E-state index contributed by atoms with van der Waals surface area (Å²) in [6, 6.07) is 20.8. The largest absolute Gasteiger partial charge is 1.00 e. The number of carbonyl (C=O) groups excluding carboxylic acids is 3. The molecule has 48 heavy (non-hydrogen) atoms. The van der Waals surface area contributed by atoms with Gasteiger partial charge in [0, 0.05) is 25.0 Å². The molecule has 1 aliphatic heterocycles. The first kappa shape index (κ1) is 36.3. The van der Waals surface area contributed by atoms with Gasteiger partial charge in [0.2, 0.25) is 5.91 Å². The fourth-order valence-electron chi connectivity index (χ4n) is 6.01. The zero-order valence-corrected chi connectivity index (χ0v) is 28.1. The van der Waals surface area contributed by atoms with Crippen LogP contribution in [0.15, 0.2) is 79.3 Å². The van der Waals surface area contributed by atoms with Gasteiger partial charge in [-0.15, -0.1) is 0 Å². The van der Waals surface area contributed by atoms with Crippen LogP contribution >= 0.6 is 11.8 Å². The van der Waals surface area contributed by atoms with Crippen molar-refractivity contribution in [3.8, 4) is 6.07 Å². The number of benzene rings is 3. The van der Waals surface area contributed by atoms with Crippen molar-refractivity contribution >= 4 is 46.3 Å². The molecule has 0 bridgehead atoms. The second-order valence-electron chi connectivity index (χ2n) is 11.6. The second kappa shape index (κ2) is 16.0. The fraction of sp³-hybridized carbons (Fsp3) is 0.314. The zero-order chi connectivity index (χ0) is 33.6. The number of carboxylic acids is 1. The number of nitrogens with zero attached hydrogens (tertiary/aromatic N) is 5. The first-order valence-corrected chi connectivity index (χ1v) is 16.7. The van der Waals surface area contributed by atoms with E-state index in [-0.39, 0.29) is 33.3 Å². The summed E-state index contributed by atoms with van der Waals surface area (Å²) in [7, 11) is 0. The maximum absolute atomic E-state index is 14.3. The van der Waals surface area contributed by atoms with Crippen LogP contribution in [0.1, 0.15) is 43.6 Å². The van der Waals surface area contributed by atoms with Gasteiger partial charge in [-0.2, -0.15) is 17.0 Å². The maximum Gasteiger partial charge on any atom is 1.00 e. The smallest absolute Gasteiger partial charge is 1.00 e. The Balaban J connectivity index is 0.00000325. The van der Waals surface area contributed by atoms with Crippen LogP contribution in [0, 0.1) is 11.3 Å². The monoisotopic (exact) mass is 660 g/mol. The van der Waals surface area contributed by atoms with E-state index in [2.05, 4.69) is 16.4 Å². The Hall–Kier alpha value is -4.55. The molecule has 0 spiro atoms. The van der Waals surface area contributed by atoms with Crippen molar-refractivity contribution in [1.29, 1.82) is 5.26 Å². The van der Waals surface area contributed by atoms with Crippen LogP contribution in [-0.4, -0.2) is 79.4 Å². The molecule has 1 saturated heterocycles. The van der Waals surface area contributed by atoms with Crippen molar-refractivity contribution in [2.45, 2.75) is 44.3 Å². The number of carboxylic acid groups (broad SMARTS) is 1. The number of urea groups is 1. The summed E-state index contributed by atoms with van der Waals surface area (Å²) in [4.78, 5) is 60.2. The number of rotatable bonds is 14. The molecule has 244 valence electrons. The van der Waals surface area contributed by atoms with E-state index in [1.807, 2.05) is 59.4 Å². The standard InChI is InChI=1S/C35H36N6O5S.Li.H/c1-35(29-11-5-8-26-7-3-4-10-28(26)29)33(45)40(34(46)41(35)22-31(42)38-30(32(43)44)16-18-47-2)17-6-9-27-20-37-23-39(27)21-25-14-12-24(19-36)13-15-25;;/h3-5,7-8,10-15,20,23,30H,6,9,16-18,21-22H2,1-2H3,(H,38,42)(H,43,44);;/q;+1;-1. The molecule has 2 atom stereocenters. The van der Waals surface area contributed by atoms with Crippen LogP contribution < -0.4 is 24.2 Å². The Bertz CT molecular complexity index is 1840. The summed E-state index contributed by atoms with van der Waals surface area (Å²) >= 11 is 1.47. The quantitative estimate of drug-likeness (QED) is 0.153. The van der Waals surface area contributed by atoms with Gasteiger partial charge in [-0.05, 0) is 72.2 Å². The van der Waals surface area contributed by atoms with Crippen molar-refractivity contribution < 1.29 is 44.6 Å². The average Bonchev–Trinajstić information content (AvgIpc) is 3.59. The van der Waals surface area contributed by atoms with E-state index in [1.165, 1.54) is 21.6 Å². The molecule has 13 heteroatoms. The summed E-state index contributed by atoms with van der Waals surface area (Å²) < 4.78 is 1.99. The number of imidazole rings is 1. The normalized spacial score (nSPS) is 16.4. The average molecular weight is 661 g/mol. The van der Waals surface area contributed by atoms with E-state index >= 15 is 0 Å². The Morgan fingerprint density at radius 2 is 1.83 bits per heavy atom. The fourth-order valence-corrected chi connectivity index (χ4v) is 6.48. The number of aromatic nitrogens is 2. The molecule has 0 saturated carbocycles. The van der Waals surface area contributed by atoms with Crippen LogP contribution in [0.5, 0.6) is 0 Å². The maximum atomic E-state index is 14.3. The van der Waals surface area contributed by atoms with Crippen LogP contribution in [0.25, 0.3) is 10.8 Å². The minimum atomic E-state index is -1.51. The molecule has 2 N–H and O–H groups in total. The van der Waals surface area contributed by atoms with Gasteiger partial charge in [-0.3, -0.25) is 19.4 Å². The third-order valence-corrected chi connectivity index (χ3v) is 9.22. The van der Waals surface area contributed by atoms with Crippen LogP contribution in [0.3, 0.4) is 0 Å². The number of nitrogens with one attached hydrogen (secondary N) is 1. The molecule has 1 aliphatic rings. The third kappa shape index (κ3) is 7.60. The van der Waals surface area contributed by atoms with Crippen molar-refractivity contribution in [2.75, 3.05) is 25.1 Å². The predicted molar refractivity (Wildman–Crippen MR) is 180 cm³/mol. The molecule has 0 radical (unpaired) electrons. The number of aryl methyl sites for hydroxylation is 1. The summed E-state index contributed by atoms with van der Waals surface area (Å²) in [6.07, 6.45) is 6.55. The molecule has 2 heterocycles. The number of imide groups is 1. The second-order valence-corrected chi connectivity index (χ2v) is 12.6. The predicted octanol–water partition coefficient (Wildman–Crippen LogP) is 1.51. The van der Waals surface area contributed by atoms with E-state index in [1.54, 1.807) is 37.6 Å². The van der Waals surface area contributed by atoms with E-state index in [0.717, 1.165) is 22.0 Å². The van der Waals surface area contributed by atoms with E-state index < -0.39 is 41.9 Å². The minimum absolute atomic E-state index is 0. The summed E-state index contributed by atoms with van der Waals surface area (Å²) in [6.45, 7) is 1.83. The molecule has 11 nitrogen and oxygen atoms in total. The molecule has 5 rings (SSSR count). The molecule has 2 unspecified atom stereocenters. The Kier molecular flexibility index (Phi) is 12.1. The minimum Gasteiger partial charge on any atom is -1.00 e. The number of carbonyl (C=O) groups is 4. The van der Waals surface area contributed by atoms with E-state index in [9.17, 15) is 24.3 Å². The van der Waals surface area contributed by atoms with Gasteiger partial charge in [0.15, 0.2) is 0 Å². The van der Waals surface area contributed by atoms with Crippen molar-refractivity contribution in [1.82, 2.24) is 24.7 Å². The zero-order valence-electron chi connectivity index (χ0n) is 28.3. The number of thioether (sulfide) groups is 1. The number of amides is 4. The number of hydrogen-bond acceptors (Lipinski definition) is 7. The van der Waals surface area contributed by atoms with Crippen molar-refractivity contribution in [3.05, 3.63) is 102 Å². The molecule has 4 aromatic rings. The number of aliphatic carboxylic acids is 1. The first-order valence-electron chi connectivity index (χ1n) is 15.3. The Labute approximate surface area is 297 Å². The summed E-state index contributed by atoms with van der Waals surface area (Å²) in [5.74, 6) is -1.73. The SMILES string of the molecule is CSCCC(NC(=O)CN1C(=O)N(CCCc2cncn2Cc2ccc(C#N)cc2)C(=O)C1(C)c1cccc2ccccc12)C(=O)O.[H-].[Li+]. The van der Waals surface area contributed by atoms with Crippen molar-refractivity contribution in [3.63, 3.8) is 0 Å². The molecular formula is C35H37LiN6O5S. The van der Waals surface area contributed by atoms with Gasteiger partial charge in [0.05, 0.1) is 18.0 Å². The van der Waals surface area contributed by atoms with Gasteiger partial charge in [-0.25, -0.2) is 14.6 Å². The van der Waals surface area contributed by atoms with Gasteiger partial charge in [0.25, 0.3) is 5.91 Å². The molecule has 3 aromatic carbocycles. The van der Waals surface area contributed by atoms with E-state index in [4.69, 9.17) is 5.26 Å². The van der Waals surface area contributed by atoms with Gasteiger partial charge >= 0.3 is 30.9 Å². The van der Waals surface area contributed by atoms with Crippen molar-refractivity contribution in [2.24, 2.45) is 0 Å². The number of hydrogen-bond donors (Lipinski definition) is 2. The molecule has 1 fully saturated rings. The summed E-state index contributed by atoms with van der Waals surface area (Å²) in [5.41, 5.74) is 1.59. The van der Waals surface area contributed by atoms with E-state index in [0.29, 0.717) is 36.3 Å². The van der Waals surface area contributed by atoms with Crippen LogP contribution in [0.4, 0.5) is 4.79 Å². The number of fused-ring (bicyclic) bond motifs is 1.